The minimum atomic E-state index is -0.369. The molecule has 2 heterocycles. The fraction of sp³-hybridized carbons (Fsp3) is 0.154. The number of amides is 3. The molecule has 3 amide bonds. The van der Waals surface area contributed by atoms with Crippen LogP contribution in [0.25, 0.3) is 0 Å². The van der Waals surface area contributed by atoms with Gasteiger partial charge in [0, 0.05) is 46.8 Å². The van der Waals surface area contributed by atoms with Crippen molar-refractivity contribution in [1.82, 2.24) is 10.6 Å². The van der Waals surface area contributed by atoms with Crippen molar-refractivity contribution in [2.75, 3.05) is 42.1 Å². The van der Waals surface area contributed by atoms with Crippen LogP contribution >= 0.6 is 24.8 Å². The average molecular weight is 540 g/mol. The van der Waals surface area contributed by atoms with Gasteiger partial charge in [-0.15, -0.1) is 24.8 Å². The second-order valence-corrected chi connectivity index (χ2v) is 8.08. The van der Waals surface area contributed by atoms with E-state index in [9.17, 15) is 9.59 Å². The number of benzene rings is 3. The summed E-state index contributed by atoms with van der Waals surface area (Å²) in [6.07, 6.45) is 0. The number of halogens is 2. The molecule has 9 nitrogen and oxygen atoms in total. The van der Waals surface area contributed by atoms with Crippen molar-refractivity contribution in [1.29, 1.82) is 0 Å². The topological polar surface area (TPSA) is 119 Å². The van der Waals surface area contributed by atoms with Crippen molar-refractivity contribution in [3.05, 3.63) is 89.5 Å². The van der Waals surface area contributed by atoms with Gasteiger partial charge in [0.25, 0.3) is 5.91 Å². The number of hydrogen-bond donors (Lipinski definition) is 5. The average Bonchev–Trinajstić information content (AvgIpc) is 3.60. The van der Waals surface area contributed by atoms with Crippen molar-refractivity contribution in [2.24, 2.45) is 9.98 Å². The second kappa shape index (κ2) is 12.8. The Balaban J connectivity index is 0.00000190. The molecular weight excluding hydrogens is 513 g/mol. The lowest BCUT2D eigenvalue weighted by molar-refractivity contribution is 0.102. The fourth-order valence-electron chi connectivity index (χ4n) is 3.84. The van der Waals surface area contributed by atoms with Crippen LogP contribution in [0, 0.1) is 0 Å². The summed E-state index contributed by atoms with van der Waals surface area (Å²) in [4.78, 5) is 33.8. The van der Waals surface area contributed by atoms with Crippen LogP contribution in [0.15, 0.2) is 82.8 Å². The third-order valence-corrected chi connectivity index (χ3v) is 5.56. The molecule has 0 saturated carbocycles. The molecule has 0 atom stereocenters. The molecule has 5 rings (SSSR count). The molecule has 3 aromatic rings. The van der Waals surface area contributed by atoms with E-state index in [1.54, 1.807) is 24.3 Å². The Hall–Kier alpha value is -4.08. The van der Waals surface area contributed by atoms with Gasteiger partial charge in [-0.05, 0) is 60.7 Å². The Kier molecular flexibility index (Phi) is 9.48. The number of amidine groups is 2. The third kappa shape index (κ3) is 6.99. The zero-order chi connectivity index (χ0) is 24.0. The lowest BCUT2D eigenvalue weighted by Gasteiger charge is -2.10. The number of hydrogen-bond acceptors (Lipinski definition) is 6. The van der Waals surface area contributed by atoms with E-state index in [0.717, 1.165) is 49.0 Å². The van der Waals surface area contributed by atoms with E-state index in [2.05, 4.69) is 36.6 Å². The summed E-state index contributed by atoms with van der Waals surface area (Å²) < 4.78 is 0. The molecule has 0 aromatic heterocycles. The fourth-order valence-corrected chi connectivity index (χ4v) is 3.84. The largest absolute Gasteiger partial charge is 0.368 e. The molecule has 11 heteroatoms. The number of anilines is 3. The van der Waals surface area contributed by atoms with Gasteiger partial charge in [-0.3, -0.25) is 14.8 Å². The maximum atomic E-state index is 12.7. The first kappa shape index (κ1) is 27.5. The number of aliphatic imine (C=N–C) groups is 2. The van der Waals surface area contributed by atoms with E-state index < -0.39 is 0 Å². The summed E-state index contributed by atoms with van der Waals surface area (Å²) in [6.45, 7) is 3.20. The number of urea groups is 1. The molecule has 2 aliphatic heterocycles. The van der Waals surface area contributed by atoms with Crippen molar-refractivity contribution in [2.45, 2.75) is 0 Å². The predicted octanol–water partition coefficient (Wildman–Crippen LogP) is 4.13. The van der Waals surface area contributed by atoms with Gasteiger partial charge < -0.3 is 26.6 Å². The highest BCUT2D eigenvalue weighted by Crippen LogP contribution is 2.16. The molecule has 0 aliphatic carbocycles. The van der Waals surface area contributed by atoms with Crippen LogP contribution in [-0.4, -0.2) is 49.8 Å². The van der Waals surface area contributed by atoms with Crippen molar-refractivity contribution in [3.8, 4) is 0 Å². The number of nitrogens with zero attached hydrogens (tertiary/aromatic N) is 2. The Morgan fingerprint density at radius 3 is 1.78 bits per heavy atom. The van der Waals surface area contributed by atoms with Crippen LogP contribution in [0.4, 0.5) is 21.9 Å². The van der Waals surface area contributed by atoms with Crippen LogP contribution in [0.5, 0.6) is 0 Å². The zero-order valence-corrected chi connectivity index (χ0v) is 21.4. The number of carbonyl (C=O) groups excluding carboxylic acids is 2. The van der Waals surface area contributed by atoms with Gasteiger partial charge >= 0.3 is 6.03 Å². The Morgan fingerprint density at radius 1 is 0.649 bits per heavy atom. The van der Waals surface area contributed by atoms with Gasteiger partial charge in [0.2, 0.25) is 0 Å². The highest BCUT2D eigenvalue weighted by molar-refractivity contribution is 6.06. The normalized spacial score (nSPS) is 13.5. The van der Waals surface area contributed by atoms with Crippen molar-refractivity contribution in [3.63, 3.8) is 0 Å². The molecule has 0 saturated heterocycles. The van der Waals surface area contributed by atoms with Crippen LogP contribution in [-0.2, 0) is 0 Å². The Bertz CT molecular complexity index is 1310. The molecule has 0 unspecified atom stereocenters. The van der Waals surface area contributed by atoms with Gasteiger partial charge in [0.05, 0.1) is 13.1 Å². The number of rotatable bonds is 6. The van der Waals surface area contributed by atoms with Crippen LogP contribution in [0.2, 0.25) is 0 Å². The molecule has 3 aromatic carbocycles. The van der Waals surface area contributed by atoms with Gasteiger partial charge in [-0.2, -0.15) is 0 Å². The lowest BCUT2D eigenvalue weighted by Crippen LogP contribution is -2.21. The molecule has 0 radical (unpaired) electrons. The van der Waals surface area contributed by atoms with E-state index in [0.29, 0.717) is 22.6 Å². The van der Waals surface area contributed by atoms with Crippen LogP contribution < -0.4 is 26.6 Å². The maximum Gasteiger partial charge on any atom is 0.323 e. The Labute approximate surface area is 227 Å². The summed E-state index contributed by atoms with van der Waals surface area (Å²) in [5.41, 5.74) is 4.33. The lowest BCUT2D eigenvalue weighted by atomic mass is 10.1. The summed E-state index contributed by atoms with van der Waals surface area (Å²) in [5, 5.41) is 14.9. The third-order valence-electron chi connectivity index (χ3n) is 5.56. The summed E-state index contributed by atoms with van der Waals surface area (Å²) in [5.74, 6) is 1.48. The number of nitrogens with one attached hydrogen (secondary N) is 5. The van der Waals surface area contributed by atoms with E-state index >= 15 is 0 Å². The van der Waals surface area contributed by atoms with Gasteiger partial charge in [-0.1, -0.05) is 12.1 Å². The SMILES string of the molecule is Cl.Cl.O=C(Nc1ccc(C(=O)Nc2cccc(C3=NCCN3)c2)cc1)Nc1ccc(C2=NCCN2)cc1. The molecule has 0 bridgehead atoms. The van der Waals surface area contributed by atoms with E-state index in [1.807, 2.05) is 48.5 Å². The monoisotopic (exact) mass is 539 g/mol. The highest BCUT2D eigenvalue weighted by Gasteiger charge is 2.12. The van der Waals surface area contributed by atoms with Gasteiger partial charge in [0.1, 0.15) is 11.7 Å². The molecular formula is C26H27Cl2N7O2. The molecule has 192 valence electrons. The molecule has 0 spiro atoms. The Morgan fingerprint density at radius 2 is 1.22 bits per heavy atom. The standard InChI is InChI=1S/C26H25N7O2.2ClH/c34-25(31-22-3-1-2-19(16-22)24-29-14-15-30-24)18-6-10-21(11-7-18)33-26(35)32-20-8-4-17(5-9-20)23-27-12-13-28-23;;/h1-11,16H,12-15H2,(H,27,28)(H,29,30)(H,31,34)(H2,32,33,35);2*1H. The zero-order valence-electron chi connectivity index (χ0n) is 19.8. The summed E-state index contributed by atoms with van der Waals surface area (Å²) in [6, 6.07) is 21.4. The summed E-state index contributed by atoms with van der Waals surface area (Å²) in [7, 11) is 0. The molecule has 0 fully saturated rings. The first-order valence-corrected chi connectivity index (χ1v) is 11.4. The summed E-state index contributed by atoms with van der Waals surface area (Å²) >= 11 is 0. The molecule has 2 aliphatic rings. The second-order valence-electron chi connectivity index (χ2n) is 8.08. The molecule has 5 N–H and O–H groups in total. The first-order valence-electron chi connectivity index (χ1n) is 11.4. The van der Waals surface area contributed by atoms with Crippen LogP contribution in [0.3, 0.4) is 0 Å². The molecule has 37 heavy (non-hydrogen) atoms. The highest BCUT2D eigenvalue weighted by atomic mass is 35.5. The quantitative estimate of drug-likeness (QED) is 0.323. The first-order chi connectivity index (χ1) is 17.1. The van der Waals surface area contributed by atoms with Crippen LogP contribution in [0.1, 0.15) is 21.5 Å². The van der Waals surface area contributed by atoms with E-state index in [4.69, 9.17) is 0 Å². The minimum Gasteiger partial charge on any atom is -0.368 e. The minimum absolute atomic E-state index is 0. The predicted molar refractivity (Wildman–Crippen MR) is 153 cm³/mol. The van der Waals surface area contributed by atoms with E-state index in [-0.39, 0.29) is 36.8 Å². The van der Waals surface area contributed by atoms with Gasteiger partial charge in [0.15, 0.2) is 0 Å². The maximum absolute atomic E-state index is 12.7. The smallest absolute Gasteiger partial charge is 0.323 e. The number of carbonyl (C=O) groups is 2. The van der Waals surface area contributed by atoms with Crippen molar-refractivity contribution >= 4 is 65.5 Å². The van der Waals surface area contributed by atoms with Crippen molar-refractivity contribution < 1.29 is 9.59 Å². The van der Waals surface area contributed by atoms with Gasteiger partial charge in [-0.25, -0.2) is 4.79 Å². The van der Waals surface area contributed by atoms with E-state index in [1.165, 1.54) is 0 Å².